The molecule has 1 aromatic heterocycles. The van der Waals surface area contributed by atoms with Gasteiger partial charge in [-0.2, -0.15) is 0 Å². The Morgan fingerprint density at radius 2 is 2.09 bits per heavy atom. The fourth-order valence-electron chi connectivity index (χ4n) is 3.47. The summed E-state index contributed by atoms with van der Waals surface area (Å²) in [4.78, 5) is 24.1. The molecule has 174 valence electrons. The van der Waals surface area contributed by atoms with E-state index in [-0.39, 0.29) is 6.61 Å². The number of allylic oxidation sites excluding steroid dienone is 5. The van der Waals surface area contributed by atoms with Crippen LogP contribution < -0.4 is 10.4 Å². The van der Waals surface area contributed by atoms with Gasteiger partial charge in [-0.1, -0.05) is 12.2 Å². The number of aliphatic hydroxyl groups excluding tert-OH is 1. The van der Waals surface area contributed by atoms with Gasteiger partial charge in [0.25, 0.3) is 0 Å². The Kier molecular flexibility index (Phi) is 7.55. The third-order valence-corrected chi connectivity index (χ3v) is 5.29. The van der Waals surface area contributed by atoms with Gasteiger partial charge in [-0.15, -0.1) is 6.58 Å². The lowest BCUT2D eigenvalue weighted by Gasteiger charge is -2.39. The number of ether oxygens (including phenoxy) is 3. The molecule has 1 aliphatic heterocycles. The monoisotopic (exact) mass is 452 g/mol. The SMILES string of the molecule is C=CC/C=C(/C=C/C(=O)O[C@H]1Cc2cc3ccc(=O)oc3cc2OC1(C)C)\C=C(/CO)OC. The van der Waals surface area contributed by atoms with E-state index >= 15 is 0 Å². The number of carbonyl (C=O) groups is 1. The molecule has 0 spiro atoms. The van der Waals surface area contributed by atoms with E-state index in [4.69, 9.17) is 18.6 Å². The molecule has 0 fully saturated rings. The molecule has 3 rings (SSSR count). The predicted octanol–water partition coefficient (Wildman–Crippen LogP) is 4.00. The van der Waals surface area contributed by atoms with E-state index in [9.17, 15) is 14.7 Å². The van der Waals surface area contributed by atoms with Gasteiger partial charge >= 0.3 is 11.6 Å². The molecule has 2 heterocycles. The highest BCUT2D eigenvalue weighted by Crippen LogP contribution is 2.37. The summed E-state index contributed by atoms with van der Waals surface area (Å²) >= 11 is 0. The van der Waals surface area contributed by atoms with E-state index in [1.54, 1.807) is 30.4 Å². The third-order valence-electron chi connectivity index (χ3n) is 5.29. The summed E-state index contributed by atoms with van der Waals surface area (Å²) in [5, 5.41) is 10.1. The first-order valence-electron chi connectivity index (χ1n) is 10.6. The Morgan fingerprint density at radius 1 is 1.30 bits per heavy atom. The summed E-state index contributed by atoms with van der Waals surface area (Å²) in [6, 6.07) is 6.63. The van der Waals surface area contributed by atoms with E-state index in [0.29, 0.717) is 35.5 Å². The van der Waals surface area contributed by atoms with Gasteiger partial charge in [-0.3, -0.25) is 0 Å². The van der Waals surface area contributed by atoms with Gasteiger partial charge in [0.05, 0.1) is 7.11 Å². The minimum absolute atomic E-state index is 0.259. The number of benzene rings is 1. The van der Waals surface area contributed by atoms with Gasteiger partial charge in [-0.25, -0.2) is 9.59 Å². The van der Waals surface area contributed by atoms with Crippen LogP contribution in [0, 0.1) is 0 Å². The molecule has 1 N–H and O–H groups in total. The normalized spacial score (nSPS) is 18.0. The van der Waals surface area contributed by atoms with Crippen LogP contribution in [-0.2, 0) is 20.7 Å². The van der Waals surface area contributed by atoms with Crippen LogP contribution in [0.1, 0.15) is 25.8 Å². The predicted molar refractivity (Wildman–Crippen MR) is 125 cm³/mol. The number of hydrogen-bond acceptors (Lipinski definition) is 7. The van der Waals surface area contributed by atoms with Gasteiger partial charge in [-0.05, 0) is 55.7 Å². The zero-order valence-corrected chi connectivity index (χ0v) is 19.0. The second-order valence-electron chi connectivity index (χ2n) is 8.12. The van der Waals surface area contributed by atoms with Crippen molar-refractivity contribution in [2.45, 2.75) is 38.4 Å². The van der Waals surface area contributed by atoms with Crippen molar-refractivity contribution < 1.29 is 28.5 Å². The molecular weight excluding hydrogens is 424 g/mol. The van der Waals surface area contributed by atoms with Crippen LogP contribution in [0.25, 0.3) is 11.0 Å². The van der Waals surface area contributed by atoms with E-state index in [0.717, 1.165) is 10.9 Å². The maximum Gasteiger partial charge on any atom is 0.336 e. The molecule has 33 heavy (non-hydrogen) atoms. The van der Waals surface area contributed by atoms with Gasteiger partial charge in [0.1, 0.15) is 35.4 Å². The zero-order chi connectivity index (χ0) is 24.0. The van der Waals surface area contributed by atoms with E-state index in [1.165, 1.54) is 19.3 Å². The van der Waals surface area contributed by atoms with Gasteiger partial charge in [0.2, 0.25) is 0 Å². The lowest BCUT2D eigenvalue weighted by atomic mass is 9.90. The lowest BCUT2D eigenvalue weighted by molar-refractivity contribution is -0.155. The van der Waals surface area contributed by atoms with Crippen molar-refractivity contribution in [1.29, 1.82) is 0 Å². The number of carbonyl (C=O) groups excluding carboxylic acids is 1. The maximum absolute atomic E-state index is 12.6. The number of hydrogen-bond donors (Lipinski definition) is 1. The van der Waals surface area contributed by atoms with E-state index in [1.807, 2.05) is 26.0 Å². The Bertz CT molecular complexity index is 1170. The number of fused-ring (bicyclic) bond motifs is 2. The van der Waals surface area contributed by atoms with Crippen LogP contribution in [0.2, 0.25) is 0 Å². The molecule has 1 aliphatic rings. The molecule has 7 nitrogen and oxygen atoms in total. The van der Waals surface area contributed by atoms with Crippen LogP contribution in [0.3, 0.4) is 0 Å². The molecule has 0 aliphatic carbocycles. The maximum atomic E-state index is 12.6. The average Bonchev–Trinajstić information content (AvgIpc) is 2.77. The van der Waals surface area contributed by atoms with Gasteiger partial charge in [0.15, 0.2) is 0 Å². The molecule has 2 aromatic rings. The van der Waals surface area contributed by atoms with Crippen molar-refractivity contribution in [3.63, 3.8) is 0 Å². The number of rotatable bonds is 8. The van der Waals surface area contributed by atoms with Crippen molar-refractivity contribution >= 4 is 16.9 Å². The molecule has 1 atom stereocenters. The molecule has 0 saturated carbocycles. The first kappa shape index (κ1) is 24.1. The van der Waals surface area contributed by atoms with Crippen molar-refractivity contribution in [3.8, 4) is 5.75 Å². The molecule has 0 amide bonds. The second-order valence-corrected chi connectivity index (χ2v) is 8.12. The molecule has 7 heteroatoms. The highest BCUT2D eigenvalue weighted by Gasteiger charge is 2.39. The Balaban J connectivity index is 1.79. The summed E-state index contributed by atoms with van der Waals surface area (Å²) in [6.45, 7) is 7.11. The summed E-state index contributed by atoms with van der Waals surface area (Å²) in [5.74, 6) is 0.443. The molecular formula is C26H28O7. The first-order valence-corrected chi connectivity index (χ1v) is 10.6. The zero-order valence-electron chi connectivity index (χ0n) is 19.0. The van der Waals surface area contributed by atoms with E-state index < -0.39 is 23.3 Å². The Labute approximate surface area is 192 Å². The van der Waals surface area contributed by atoms with Crippen LogP contribution in [0.4, 0.5) is 0 Å². The lowest BCUT2D eigenvalue weighted by Crippen LogP contribution is -2.48. The molecule has 0 bridgehead atoms. The Morgan fingerprint density at radius 3 is 2.79 bits per heavy atom. The summed E-state index contributed by atoms with van der Waals surface area (Å²) in [5.41, 5.74) is 0.764. The van der Waals surface area contributed by atoms with Crippen molar-refractivity contribution in [3.05, 3.63) is 88.5 Å². The minimum atomic E-state index is -0.791. The van der Waals surface area contributed by atoms with E-state index in [2.05, 4.69) is 6.58 Å². The summed E-state index contributed by atoms with van der Waals surface area (Å²) in [7, 11) is 1.46. The molecule has 0 unspecified atom stereocenters. The molecule has 1 aromatic carbocycles. The van der Waals surface area contributed by atoms with Crippen molar-refractivity contribution in [1.82, 2.24) is 0 Å². The fraction of sp³-hybridized carbons (Fsp3) is 0.308. The number of esters is 1. The van der Waals surface area contributed by atoms with Crippen molar-refractivity contribution in [2.75, 3.05) is 13.7 Å². The number of aliphatic hydroxyl groups is 1. The van der Waals surface area contributed by atoms with Crippen LogP contribution in [0.5, 0.6) is 5.75 Å². The van der Waals surface area contributed by atoms with Crippen LogP contribution in [-0.4, -0.2) is 36.5 Å². The largest absolute Gasteiger partial charge is 0.499 e. The average molecular weight is 453 g/mol. The molecule has 0 radical (unpaired) electrons. The van der Waals surface area contributed by atoms with Crippen LogP contribution >= 0.6 is 0 Å². The first-order chi connectivity index (χ1) is 15.7. The molecule has 0 saturated heterocycles. The van der Waals surface area contributed by atoms with Gasteiger partial charge < -0.3 is 23.7 Å². The highest BCUT2D eigenvalue weighted by atomic mass is 16.6. The Hall–Kier alpha value is -3.58. The highest BCUT2D eigenvalue weighted by molar-refractivity contribution is 5.83. The fourth-order valence-corrected chi connectivity index (χ4v) is 3.47. The van der Waals surface area contributed by atoms with Gasteiger partial charge in [0, 0.05) is 30.0 Å². The topological polar surface area (TPSA) is 95.2 Å². The smallest absolute Gasteiger partial charge is 0.336 e. The van der Waals surface area contributed by atoms with Crippen molar-refractivity contribution in [2.24, 2.45) is 0 Å². The summed E-state index contributed by atoms with van der Waals surface area (Å²) in [6.07, 6.45) is 8.64. The minimum Gasteiger partial charge on any atom is -0.499 e. The quantitative estimate of drug-likeness (QED) is 0.162. The second kappa shape index (κ2) is 10.4. The standard InChI is InChI=1S/C26H28O7/c1-5-6-7-17(12-20(16-27)30-4)8-10-25(29)32-23-14-19-13-18-9-11-24(28)31-21(18)15-22(19)33-26(23,2)3/h5,7-13,15,23,27H,1,6,14,16H2,2-4H3/b10-8+,17-7-,20-12+/t23-/m0/s1. The number of methoxy groups -OCH3 is 1. The summed E-state index contributed by atoms with van der Waals surface area (Å²) < 4.78 is 22.2. The van der Waals surface area contributed by atoms with Crippen LogP contribution in [0.15, 0.2) is 81.8 Å². The third kappa shape index (κ3) is 6.02.